The lowest BCUT2D eigenvalue weighted by Crippen LogP contribution is -2.39. The highest BCUT2D eigenvalue weighted by molar-refractivity contribution is 5.87. The fraction of sp³-hybridized carbons (Fsp3) is 0.417. The molecule has 0 atom stereocenters. The molecule has 0 amide bonds. The third-order valence-corrected chi connectivity index (χ3v) is 4.90. The second kappa shape index (κ2) is 11.3. The minimum absolute atomic E-state index is 0.162. The van der Waals surface area contributed by atoms with E-state index in [1.807, 2.05) is 74.5 Å². The molecule has 0 aliphatic carbocycles. The lowest BCUT2D eigenvalue weighted by molar-refractivity contribution is -0.149. The molecular formula is C24H30O4. The number of benzene rings is 2. The van der Waals surface area contributed by atoms with Gasteiger partial charge in [0.2, 0.25) is 0 Å². The van der Waals surface area contributed by atoms with Crippen LogP contribution in [0.5, 0.6) is 0 Å². The van der Waals surface area contributed by atoms with E-state index in [4.69, 9.17) is 9.47 Å². The minimum atomic E-state index is -0.845. The molecular weight excluding hydrogens is 352 g/mol. The highest BCUT2D eigenvalue weighted by Crippen LogP contribution is 2.39. The van der Waals surface area contributed by atoms with Crippen molar-refractivity contribution >= 4 is 11.9 Å². The number of esters is 2. The quantitative estimate of drug-likeness (QED) is 0.403. The first-order chi connectivity index (χ1) is 13.6. The molecule has 150 valence electrons. The molecule has 0 spiro atoms. The van der Waals surface area contributed by atoms with Gasteiger partial charge in [-0.15, -0.1) is 0 Å². The Morgan fingerprint density at radius 3 is 1.79 bits per heavy atom. The summed E-state index contributed by atoms with van der Waals surface area (Å²) in [5.74, 6) is -0.386. The smallest absolute Gasteiger partial charge is 0.321 e. The van der Waals surface area contributed by atoms with Gasteiger partial charge in [0.15, 0.2) is 0 Å². The number of hydrogen-bond acceptors (Lipinski definition) is 4. The van der Waals surface area contributed by atoms with Gasteiger partial charge in [0.05, 0.1) is 13.2 Å². The Morgan fingerprint density at radius 1 is 0.750 bits per heavy atom. The van der Waals surface area contributed by atoms with Crippen LogP contribution in [0.3, 0.4) is 0 Å². The van der Waals surface area contributed by atoms with Crippen LogP contribution in [-0.2, 0) is 24.5 Å². The van der Waals surface area contributed by atoms with E-state index in [1.54, 1.807) is 0 Å². The molecule has 0 saturated carbocycles. The maximum Gasteiger partial charge on any atom is 0.321 e. The van der Waals surface area contributed by atoms with E-state index in [9.17, 15) is 9.59 Å². The van der Waals surface area contributed by atoms with Crippen LogP contribution < -0.4 is 0 Å². The summed E-state index contributed by atoms with van der Waals surface area (Å²) in [5.41, 5.74) is 1.03. The van der Waals surface area contributed by atoms with Crippen molar-refractivity contribution in [2.75, 3.05) is 13.2 Å². The second-order valence-electron chi connectivity index (χ2n) is 6.72. The highest BCUT2D eigenvalue weighted by atomic mass is 16.5. The molecule has 0 unspecified atom stereocenters. The van der Waals surface area contributed by atoms with Crippen LogP contribution in [-0.4, -0.2) is 25.2 Å². The number of carbonyl (C=O) groups excluding carboxylic acids is 2. The van der Waals surface area contributed by atoms with Crippen LogP contribution in [0, 0.1) is 0 Å². The predicted octanol–water partition coefficient (Wildman–Crippen LogP) is 5.05. The van der Waals surface area contributed by atoms with Crippen molar-refractivity contribution in [3.63, 3.8) is 0 Å². The Balaban J connectivity index is 2.25. The summed E-state index contributed by atoms with van der Waals surface area (Å²) in [6, 6.07) is 19.7. The molecule has 0 radical (unpaired) electrons. The van der Waals surface area contributed by atoms with Gasteiger partial charge in [-0.3, -0.25) is 9.59 Å². The molecule has 28 heavy (non-hydrogen) atoms. The molecule has 0 fully saturated rings. The van der Waals surface area contributed by atoms with E-state index in [1.165, 1.54) is 0 Å². The first-order valence-electron chi connectivity index (χ1n) is 10.1. The number of hydrogen-bond donors (Lipinski definition) is 0. The summed E-state index contributed by atoms with van der Waals surface area (Å²) >= 11 is 0. The third kappa shape index (κ3) is 5.44. The van der Waals surface area contributed by atoms with E-state index >= 15 is 0 Å². The van der Waals surface area contributed by atoms with Crippen molar-refractivity contribution < 1.29 is 19.1 Å². The fourth-order valence-corrected chi connectivity index (χ4v) is 3.56. The zero-order valence-corrected chi connectivity index (χ0v) is 16.9. The maximum atomic E-state index is 13.2. The van der Waals surface area contributed by atoms with E-state index < -0.39 is 5.41 Å². The van der Waals surface area contributed by atoms with Crippen LogP contribution in [0.1, 0.15) is 57.1 Å². The first-order valence-corrected chi connectivity index (χ1v) is 10.1. The van der Waals surface area contributed by atoms with Gasteiger partial charge < -0.3 is 9.47 Å². The fourth-order valence-electron chi connectivity index (χ4n) is 3.56. The summed E-state index contributed by atoms with van der Waals surface area (Å²) in [4.78, 5) is 24.8. The summed E-state index contributed by atoms with van der Waals surface area (Å²) in [5, 5.41) is 0. The molecule has 0 saturated heterocycles. The minimum Gasteiger partial charge on any atom is -0.466 e. The number of rotatable bonds is 11. The van der Waals surface area contributed by atoms with E-state index in [0.29, 0.717) is 26.1 Å². The average molecular weight is 382 g/mol. The molecule has 0 aromatic heterocycles. The molecule has 4 nitrogen and oxygen atoms in total. The van der Waals surface area contributed by atoms with Gasteiger partial charge >= 0.3 is 11.9 Å². The van der Waals surface area contributed by atoms with Crippen molar-refractivity contribution in [3.8, 4) is 0 Å². The second-order valence-corrected chi connectivity index (χ2v) is 6.72. The first kappa shape index (κ1) is 21.7. The summed E-state index contributed by atoms with van der Waals surface area (Å²) < 4.78 is 10.5. The maximum absolute atomic E-state index is 13.2. The zero-order valence-electron chi connectivity index (χ0n) is 16.9. The van der Waals surface area contributed by atoms with E-state index in [0.717, 1.165) is 30.4 Å². The Bertz CT molecular complexity index is 685. The van der Waals surface area contributed by atoms with E-state index in [-0.39, 0.29) is 11.9 Å². The Labute approximate surface area is 167 Å². The summed E-state index contributed by atoms with van der Waals surface area (Å²) in [6.07, 6.45) is 3.45. The largest absolute Gasteiger partial charge is 0.466 e. The van der Waals surface area contributed by atoms with E-state index in [2.05, 4.69) is 0 Å². The zero-order chi connectivity index (χ0) is 20.2. The SMILES string of the molecule is CCOC(=O)CCCCCC(C(=O)OCC)(c1ccccc1)c1ccccc1. The van der Waals surface area contributed by atoms with Gasteiger partial charge in [0, 0.05) is 6.42 Å². The highest BCUT2D eigenvalue weighted by Gasteiger charge is 2.42. The Kier molecular flexibility index (Phi) is 8.73. The van der Waals surface area contributed by atoms with Crippen molar-refractivity contribution in [3.05, 3.63) is 71.8 Å². The molecule has 0 bridgehead atoms. The van der Waals surface area contributed by atoms with Crippen molar-refractivity contribution in [2.24, 2.45) is 0 Å². The van der Waals surface area contributed by atoms with Gasteiger partial charge in [-0.25, -0.2) is 0 Å². The van der Waals surface area contributed by atoms with Gasteiger partial charge in [-0.1, -0.05) is 73.5 Å². The van der Waals surface area contributed by atoms with Crippen LogP contribution >= 0.6 is 0 Å². The molecule has 0 aliphatic rings. The molecule has 4 heteroatoms. The number of unbranched alkanes of at least 4 members (excludes halogenated alkanes) is 2. The molecule has 2 aromatic rings. The lowest BCUT2D eigenvalue weighted by Gasteiger charge is -2.33. The number of ether oxygens (including phenoxy) is 2. The number of carbonyl (C=O) groups is 2. The van der Waals surface area contributed by atoms with Crippen LogP contribution in [0.2, 0.25) is 0 Å². The standard InChI is InChI=1S/C24H30O4/c1-3-27-22(25)18-12-7-13-19-24(23(26)28-4-2,20-14-8-5-9-15-20)21-16-10-6-11-17-21/h5-6,8-11,14-17H,3-4,7,12-13,18-19H2,1-2H3. The van der Waals surface area contributed by atoms with Gasteiger partial charge in [-0.2, -0.15) is 0 Å². The molecule has 2 rings (SSSR count). The van der Waals surface area contributed by atoms with Crippen molar-refractivity contribution in [1.29, 1.82) is 0 Å². The van der Waals surface area contributed by atoms with Crippen LogP contribution in [0.15, 0.2) is 60.7 Å². The van der Waals surface area contributed by atoms with Gasteiger partial charge in [0.25, 0.3) is 0 Å². The lowest BCUT2D eigenvalue weighted by atomic mass is 9.71. The third-order valence-electron chi connectivity index (χ3n) is 4.90. The molecule has 0 N–H and O–H groups in total. The summed E-state index contributed by atoms with van der Waals surface area (Å²) in [6.45, 7) is 4.39. The topological polar surface area (TPSA) is 52.6 Å². The average Bonchev–Trinajstić information content (AvgIpc) is 2.72. The van der Waals surface area contributed by atoms with Gasteiger partial charge in [-0.05, 0) is 37.8 Å². The molecule has 2 aromatic carbocycles. The van der Waals surface area contributed by atoms with Crippen LogP contribution in [0.4, 0.5) is 0 Å². The Morgan fingerprint density at radius 2 is 1.29 bits per heavy atom. The molecule has 0 aliphatic heterocycles. The van der Waals surface area contributed by atoms with Crippen LogP contribution in [0.25, 0.3) is 0 Å². The molecule has 0 heterocycles. The predicted molar refractivity (Wildman–Crippen MR) is 110 cm³/mol. The van der Waals surface area contributed by atoms with Gasteiger partial charge in [0.1, 0.15) is 5.41 Å². The normalized spacial score (nSPS) is 11.1. The van der Waals surface area contributed by atoms with Crippen molar-refractivity contribution in [2.45, 2.75) is 51.4 Å². The van der Waals surface area contributed by atoms with Crippen molar-refractivity contribution in [1.82, 2.24) is 0 Å². The Hall–Kier alpha value is -2.62. The summed E-state index contributed by atoms with van der Waals surface area (Å²) in [7, 11) is 0. The monoisotopic (exact) mass is 382 g/mol.